The Hall–Kier alpha value is -0.560. The molecule has 0 spiro atoms. The maximum atomic E-state index is 12.4. The van der Waals surface area contributed by atoms with Gasteiger partial charge < -0.3 is 0 Å². The zero-order valence-electron chi connectivity index (χ0n) is 5.20. The fourth-order valence-electron chi connectivity index (χ4n) is 0.287. The van der Waals surface area contributed by atoms with Crippen LogP contribution in [0.5, 0.6) is 0 Å². The Morgan fingerprint density at radius 1 is 1.67 bits per heavy atom. The molecule has 0 saturated carbocycles. The van der Waals surface area contributed by atoms with Crippen molar-refractivity contribution >= 4 is 11.6 Å². The summed E-state index contributed by atoms with van der Waals surface area (Å²) in [6.07, 6.45) is 2.63. The van der Waals surface area contributed by atoms with E-state index in [1.165, 1.54) is 17.7 Å². The van der Waals surface area contributed by atoms with Crippen LogP contribution in [0, 0.1) is 0 Å². The summed E-state index contributed by atoms with van der Waals surface area (Å²) in [5.74, 6) is -0.347. The van der Waals surface area contributed by atoms with E-state index in [9.17, 15) is 4.39 Å². The average molecular weight is 147 g/mol. The molecule has 0 radical (unpaired) electrons. The largest absolute Gasteiger partial charge is 0.207 e. The smallest absolute Gasteiger partial charge is 0.126 e. The van der Waals surface area contributed by atoms with E-state index in [-0.39, 0.29) is 5.83 Å². The molecule has 0 amide bonds. The molecule has 9 heavy (non-hydrogen) atoms. The van der Waals surface area contributed by atoms with Crippen molar-refractivity contribution in [3.05, 3.63) is 35.7 Å². The molecule has 0 atom stereocenters. The van der Waals surface area contributed by atoms with E-state index in [1.54, 1.807) is 6.92 Å². The molecule has 0 unspecified atom stereocenters. The minimum Gasteiger partial charge on any atom is -0.207 e. The first-order valence-electron chi connectivity index (χ1n) is 2.48. The highest BCUT2D eigenvalue weighted by Crippen LogP contribution is 2.10. The Labute approximate surface area is 59.3 Å². The van der Waals surface area contributed by atoms with Crippen molar-refractivity contribution in [3.63, 3.8) is 0 Å². The van der Waals surface area contributed by atoms with Gasteiger partial charge in [0, 0.05) is 5.54 Å². The number of allylic oxidation sites excluding steroid dienone is 4. The van der Waals surface area contributed by atoms with Crippen LogP contribution in [0.25, 0.3) is 0 Å². The summed E-state index contributed by atoms with van der Waals surface area (Å²) >= 11 is 5.21. The Morgan fingerprint density at radius 3 is 2.56 bits per heavy atom. The van der Waals surface area contributed by atoms with Gasteiger partial charge in [-0.3, -0.25) is 0 Å². The average Bonchev–Trinajstić information content (AvgIpc) is 1.87. The van der Waals surface area contributed by atoms with Crippen molar-refractivity contribution in [1.29, 1.82) is 0 Å². The fourth-order valence-corrected chi connectivity index (χ4v) is 0.391. The molecule has 0 aliphatic carbocycles. The van der Waals surface area contributed by atoms with Gasteiger partial charge in [0.2, 0.25) is 0 Å². The van der Waals surface area contributed by atoms with Crippen molar-refractivity contribution in [3.8, 4) is 0 Å². The highest BCUT2D eigenvalue weighted by Gasteiger charge is 1.92. The molecule has 0 aromatic carbocycles. The van der Waals surface area contributed by atoms with Gasteiger partial charge in [0.15, 0.2) is 0 Å². The molecule has 0 aromatic rings. The summed E-state index contributed by atoms with van der Waals surface area (Å²) in [7, 11) is 0. The SMILES string of the molecule is C=C/C=C(F)\C(C)=C\Cl. The zero-order valence-corrected chi connectivity index (χ0v) is 5.95. The second-order valence-corrected chi connectivity index (χ2v) is 1.76. The lowest BCUT2D eigenvalue weighted by Crippen LogP contribution is -1.72. The first-order chi connectivity index (χ1) is 4.22. The Balaban J connectivity index is 4.19. The van der Waals surface area contributed by atoms with Gasteiger partial charge in [-0.2, -0.15) is 0 Å². The maximum Gasteiger partial charge on any atom is 0.126 e. The summed E-state index contributed by atoms with van der Waals surface area (Å²) in [6.45, 7) is 4.92. The highest BCUT2D eigenvalue weighted by molar-refractivity contribution is 6.25. The lowest BCUT2D eigenvalue weighted by atomic mass is 10.3. The second kappa shape index (κ2) is 4.33. The van der Waals surface area contributed by atoms with Gasteiger partial charge in [0.1, 0.15) is 5.83 Å². The van der Waals surface area contributed by atoms with Gasteiger partial charge in [-0.15, -0.1) is 0 Å². The predicted molar refractivity (Wildman–Crippen MR) is 39.0 cm³/mol. The van der Waals surface area contributed by atoms with Crippen LogP contribution in [-0.2, 0) is 0 Å². The van der Waals surface area contributed by atoms with E-state index in [2.05, 4.69) is 6.58 Å². The minimum atomic E-state index is -0.347. The van der Waals surface area contributed by atoms with Crippen LogP contribution in [0.15, 0.2) is 35.7 Å². The third-order valence-corrected chi connectivity index (χ3v) is 1.13. The molecule has 0 aromatic heterocycles. The van der Waals surface area contributed by atoms with Gasteiger partial charge in [-0.05, 0) is 18.6 Å². The normalized spacial score (nSPS) is 13.7. The van der Waals surface area contributed by atoms with Crippen molar-refractivity contribution in [1.82, 2.24) is 0 Å². The number of rotatable bonds is 2. The second-order valence-electron chi connectivity index (χ2n) is 1.54. The maximum absolute atomic E-state index is 12.4. The lowest BCUT2D eigenvalue weighted by Gasteiger charge is -1.89. The van der Waals surface area contributed by atoms with Gasteiger partial charge in [0.25, 0.3) is 0 Å². The molecular formula is C7H8ClF. The number of hydrogen-bond acceptors (Lipinski definition) is 0. The molecule has 0 N–H and O–H groups in total. The van der Waals surface area contributed by atoms with Crippen molar-refractivity contribution in [2.45, 2.75) is 6.92 Å². The molecule has 0 rings (SSSR count). The molecule has 50 valence electrons. The monoisotopic (exact) mass is 146 g/mol. The summed E-state index contributed by atoms with van der Waals surface area (Å²) in [6, 6.07) is 0. The predicted octanol–water partition coefficient (Wildman–Crippen LogP) is 3.17. The fraction of sp³-hybridized carbons (Fsp3) is 0.143. The molecule has 0 aliphatic rings. The van der Waals surface area contributed by atoms with Gasteiger partial charge in [0.05, 0.1) is 0 Å². The van der Waals surface area contributed by atoms with E-state index in [4.69, 9.17) is 11.6 Å². The zero-order chi connectivity index (χ0) is 7.28. The third kappa shape index (κ3) is 3.09. The minimum absolute atomic E-state index is 0.347. The van der Waals surface area contributed by atoms with E-state index in [1.807, 2.05) is 0 Å². The van der Waals surface area contributed by atoms with Crippen LogP contribution >= 0.6 is 11.6 Å². The molecule has 0 saturated heterocycles. The first-order valence-corrected chi connectivity index (χ1v) is 2.91. The summed E-state index contributed by atoms with van der Waals surface area (Å²) in [4.78, 5) is 0. The van der Waals surface area contributed by atoms with Crippen LogP contribution in [0.3, 0.4) is 0 Å². The summed E-state index contributed by atoms with van der Waals surface area (Å²) in [5, 5.41) is 0. The van der Waals surface area contributed by atoms with Crippen molar-refractivity contribution in [2.75, 3.05) is 0 Å². The first kappa shape index (κ1) is 8.44. The van der Waals surface area contributed by atoms with Gasteiger partial charge >= 0.3 is 0 Å². The van der Waals surface area contributed by atoms with E-state index < -0.39 is 0 Å². The van der Waals surface area contributed by atoms with Crippen LogP contribution in [0.2, 0.25) is 0 Å². The van der Waals surface area contributed by atoms with Crippen LogP contribution < -0.4 is 0 Å². The number of hydrogen-bond donors (Lipinski definition) is 0. The highest BCUT2D eigenvalue weighted by atomic mass is 35.5. The Morgan fingerprint density at radius 2 is 2.22 bits per heavy atom. The van der Waals surface area contributed by atoms with Crippen molar-refractivity contribution in [2.24, 2.45) is 0 Å². The van der Waals surface area contributed by atoms with Crippen LogP contribution in [0.4, 0.5) is 4.39 Å². The van der Waals surface area contributed by atoms with Crippen LogP contribution in [0.1, 0.15) is 6.92 Å². The standard InChI is InChI=1S/C7H8ClF/c1-3-4-7(9)6(2)5-8/h3-5H,1H2,2H3/b6-5+,7-4+. The molecule has 0 bridgehead atoms. The van der Waals surface area contributed by atoms with E-state index in [0.29, 0.717) is 5.57 Å². The Kier molecular flexibility index (Phi) is 4.06. The van der Waals surface area contributed by atoms with E-state index >= 15 is 0 Å². The molecule has 0 nitrogen and oxygen atoms in total. The Bertz CT molecular complexity index is 156. The van der Waals surface area contributed by atoms with Gasteiger partial charge in [-0.1, -0.05) is 24.3 Å². The molecule has 0 fully saturated rings. The molecule has 2 heteroatoms. The van der Waals surface area contributed by atoms with Crippen molar-refractivity contribution < 1.29 is 4.39 Å². The topological polar surface area (TPSA) is 0 Å². The third-order valence-electron chi connectivity index (χ3n) is 0.805. The van der Waals surface area contributed by atoms with E-state index in [0.717, 1.165) is 0 Å². The van der Waals surface area contributed by atoms with Crippen LogP contribution in [-0.4, -0.2) is 0 Å². The molecular weight excluding hydrogens is 139 g/mol. The summed E-state index contributed by atoms with van der Waals surface area (Å²) in [5.41, 5.74) is 1.60. The molecule has 0 aliphatic heterocycles. The molecule has 0 heterocycles. The summed E-state index contributed by atoms with van der Waals surface area (Å²) < 4.78 is 12.4. The quantitative estimate of drug-likeness (QED) is 0.525. The lowest BCUT2D eigenvalue weighted by molar-refractivity contribution is 0.652. The van der Waals surface area contributed by atoms with Gasteiger partial charge in [-0.25, -0.2) is 4.39 Å². The number of halogens is 2.